The molecule has 33 heavy (non-hydrogen) atoms. The Kier molecular flexibility index (Phi) is 8.30. The van der Waals surface area contributed by atoms with E-state index in [0.717, 1.165) is 18.4 Å². The Morgan fingerprint density at radius 3 is 2.39 bits per heavy atom. The van der Waals surface area contributed by atoms with Gasteiger partial charge in [0.25, 0.3) is 0 Å². The highest BCUT2D eigenvalue weighted by Gasteiger charge is 2.58. The highest BCUT2D eigenvalue weighted by molar-refractivity contribution is 5.97. The van der Waals surface area contributed by atoms with Crippen molar-refractivity contribution >= 4 is 17.7 Å². The highest BCUT2D eigenvalue weighted by atomic mass is 16.3. The number of benzene rings is 1. The van der Waals surface area contributed by atoms with Crippen molar-refractivity contribution in [3.8, 4) is 0 Å². The van der Waals surface area contributed by atoms with E-state index >= 15 is 0 Å². The summed E-state index contributed by atoms with van der Waals surface area (Å²) in [6.45, 7) is 5.55. The number of nitrogens with one attached hydrogen (secondary N) is 2. The average Bonchev–Trinajstić information content (AvgIpc) is 3.09. The van der Waals surface area contributed by atoms with Gasteiger partial charge in [0.05, 0.1) is 24.5 Å². The molecular formula is C26H37N3O4. The summed E-state index contributed by atoms with van der Waals surface area (Å²) < 4.78 is 0. The molecular weight excluding hydrogens is 418 g/mol. The molecule has 7 heteroatoms. The fourth-order valence-corrected chi connectivity index (χ4v) is 5.48. The summed E-state index contributed by atoms with van der Waals surface area (Å²) in [4.78, 5) is 41.8. The second-order valence-electron chi connectivity index (χ2n) is 9.46. The monoisotopic (exact) mass is 455 g/mol. The average molecular weight is 456 g/mol. The van der Waals surface area contributed by atoms with Crippen molar-refractivity contribution in [2.24, 2.45) is 23.7 Å². The number of aliphatic hydroxyl groups is 1. The molecule has 0 saturated carbocycles. The van der Waals surface area contributed by atoms with Gasteiger partial charge in [-0.2, -0.15) is 0 Å². The second-order valence-corrected chi connectivity index (χ2v) is 9.46. The van der Waals surface area contributed by atoms with Crippen molar-refractivity contribution in [1.29, 1.82) is 0 Å². The first-order valence-corrected chi connectivity index (χ1v) is 12.0. The molecule has 3 amide bonds. The van der Waals surface area contributed by atoms with E-state index in [1.165, 1.54) is 0 Å². The number of amides is 3. The fraction of sp³-hybridized carbons (Fsp3) is 0.577. The number of allylic oxidation sites excluding steroid dienone is 1. The maximum absolute atomic E-state index is 13.9. The van der Waals surface area contributed by atoms with E-state index in [4.69, 9.17) is 0 Å². The third-order valence-corrected chi connectivity index (χ3v) is 6.84. The van der Waals surface area contributed by atoms with Crippen LogP contribution in [0.3, 0.4) is 0 Å². The second kappa shape index (κ2) is 11.0. The van der Waals surface area contributed by atoms with E-state index in [1.54, 1.807) is 11.9 Å². The van der Waals surface area contributed by atoms with E-state index < -0.39 is 29.8 Å². The van der Waals surface area contributed by atoms with Gasteiger partial charge in [-0.1, -0.05) is 55.8 Å². The Labute approximate surface area is 196 Å². The molecule has 0 unspecified atom stereocenters. The van der Waals surface area contributed by atoms with Gasteiger partial charge in [0, 0.05) is 19.0 Å². The molecule has 3 N–H and O–H groups in total. The van der Waals surface area contributed by atoms with Crippen LogP contribution in [0.15, 0.2) is 42.5 Å². The van der Waals surface area contributed by atoms with Crippen LogP contribution in [0.25, 0.3) is 0 Å². The first-order valence-electron chi connectivity index (χ1n) is 12.0. The van der Waals surface area contributed by atoms with E-state index in [2.05, 4.69) is 17.6 Å². The van der Waals surface area contributed by atoms with Crippen LogP contribution in [0.4, 0.5) is 0 Å². The summed E-state index contributed by atoms with van der Waals surface area (Å²) in [5.41, 5.74) is 0.976. The molecule has 6 atom stereocenters. The first-order chi connectivity index (χ1) is 15.8. The van der Waals surface area contributed by atoms with Crippen molar-refractivity contribution in [3.05, 3.63) is 48.0 Å². The normalized spacial score (nSPS) is 27.4. The zero-order valence-corrected chi connectivity index (χ0v) is 20.0. The van der Waals surface area contributed by atoms with Crippen LogP contribution in [-0.2, 0) is 20.8 Å². The number of hydrogen-bond donors (Lipinski definition) is 3. The van der Waals surface area contributed by atoms with Gasteiger partial charge in [-0.25, -0.2) is 0 Å². The van der Waals surface area contributed by atoms with Crippen molar-refractivity contribution in [1.82, 2.24) is 15.5 Å². The van der Waals surface area contributed by atoms with E-state index in [0.29, 0.717) is 6.42 Å². The largest absolute Gasteiger partial charge is 0.394 e. The Balaban J connectivity index is 2.04. The maximum Gasteiger partial charge on any atom is 0.243 e. The molecule has 1 saturated heterocycles. The lowest BCUT2D eigenvalue weighted by atomic mass is 9.68. The Morgan fingerprint density at radius 2 is 1.82 bits per heavy atom. The predicted octanol–water partition coefficient (Wildman–Crippen LogP) is 1.91. The third-order valence-electron chi connectivity index (χ3n) is 6.84. The molecule has 1 aliphatic carbocycles. The van der Waals surface area contributed by atoms with Crippen LogP contribution in [0, 0.1) is 23.7 Å². The van der Waals surface area contributed by atoms with Crippen LogP contribution in [0.5, 0.6) is 0 Å². The summed E-state index contributed by atoms with van der Waals surface area (Å²) in [6, 6.07) is 8.22. The van der Waals surface area contributed by atoms with Gasteiger partial charge in [-0.05, 0) is 38.2 Å². The van der Waals surface area contributed by atoms with Crippen molar-refractivity contribution < 1.29 is 19.5 Å². The quantitative estimate of drug-likeness (QED) is 0.496. The third kappa shape index (κ3) is 5.13. The number of aliphatic hydroxyl groups excluding tert-OH is 1. The molecule has 0 radical (unpaired) electrons. The lowest BCUT2D eigenvalue weighted by Crippen LogP contribution is -2.54. The van der Waals surface area contributed by atoms with Crippen LogP contribution in [-0.4, -0.2) is 59.5 Å². The first kappa shape index (κ1) is 25.0. The molecule has 180 valence electrons. The molecule has 1 aromatic carbocycles. The number of hydrogen-bond acceptors (Lipinski definition) is 4. The smallest absolute Gasteiger partial charge is 0.243 e. The molecule has 0 spiro atoms. The number of fused-ring (bicyclic) bond motifs is 1. The number of nitrogens with zero attached hydrogens (tertiary/aromatic N) is 1. The summed E-state index contributed by atoms with van der Waals surface area (Å²) in [6.07, 6.45) is 6.09. The number of carbonyl (C=O) groups is 3. The van der Waals surface area contributed by atoms with E-state index in [9.17, 15) is 19.5 Å². The highest BCUT2D eigenvalue weighted by Crippen LogP contribution is 2.46. The number of carbonyl (C=O) groups excluding carboxylic acids is 3. The van der Waals surface area contributed by atoms with Gasteiger partial charge >= 0.3 is 0 Å². The van der Waals surface area contributed by atoms with Crippen molar-refractivity contribution in [2.45, 2.75) is 58.2 Å². The van der Waals surface area contributed by atoms with Gasteiger partial charge in [-0.15, -0.1) is 0 Å². The summed E-state index contributed by atoms with van der Waals surface area (Å²) in [7, 11) is 1.59. The van der Waals surface area contributed by atoms with Gasteiger partial charge in [0.2, 0.25) is 17.7 Å². The molecule has 0 bridgehead atoms. The molecule has 1 aromatic rings. The molecule has 1 fully saturated rings. The van der Waals surface area contributed by atoms with Crippen molar-refractivity contribution in [3.63, 3.8) is 0 Å². The van der Waals surface area contributed by atoms with Crippen LogP contribution < -0.4 is 10.6 Å². The minimum Gasteiger partial charge on any atom is -0.394 e. The van der Waals surface area contributed by atoms with E-state index in [-0.39, 0.29) is 36.3 Å². The van der Waals surface area contributed by atoms with Gasteiger partial charge < -0.3 is 20.6 Å². The molecule has 7 nitrogen and oxygen atoms in total. The van der Waals surface area contributed by atoms with E-state index in [1.807, 2.05) is 56.3 Å². The molecule has 3 rings (SSSR count). The SMILES string of the molecule is CCC[C@@H]1C=C[C@H]2[C@@H](C(=O)N([C@@H](CO)Cc3ccccc3)[C@@H]2C(=O)NC(C)C)[C@@H]1C(=O)NC. The Hall–Kier alpha value is -2.67. The fourth-order valence-electron chi connectivity index (χ4n) is 5.48. The lowest BCUT2D eigenvalue weighted by Gasteiger charge is -2.34. The van der Waals surface area contributed by atoms with Crippen LogP contribution >= 0.6 is 0 Å². The minimum atomic E-state index is -0.767. The summed E-state index contributed by atoms with van der Waals surface area (Å²) in [5, 5.41) is 16.0. The molecule has 1 aliphatic heterocycles. The lowest BCUT2D eigenvalue weighted by molar-refractivity contribution is -0.143. The maximum atomic E-state index is 13.9. The topological polar surface area (TPSA) is 98.7 Å². The van der Waals surface area contributed by atoms with Gasteiger partial charge in [0.15, 0.2) is 0 Å². The number of rotatable bonds is 9. The standard InChI is InChI=1S/C26H37N3O4/c1-5-9-18-12-13-20-22(21(18)24(31)27-4)26(33)29(23(20)25(32)28-16(2)3)19(15-30)14-17-10-7-6-8-11-17/h6-8,10-13,16,18-23,30H,5,9,14-15H2,1-4H3,(H,27,31)(H,28,32)/t18-,19-,20+,21-,22-,23+/m1/s1. The van der Waals surface area contributed by atoms with Gasteiger partial charge in [-0.3, -0.25) is 14.4 Å². The van der Waals surface area contributed by atoms with Crippen molar-refractivity contribution in [2.75, 3.05) is 13.7 Å². The Morgan fingerprint density at radius 1 is 1.12 bits per heavy atom. The summed E-state index contributed by atoms with van der Waals surface area (Å²) >= 11 is 0. The Bertz CT molecular complexity index is 870. The molecule has 0 aromatic heterocycles. The van der Waals surface area contributed by atoms with Crippen LogP contribution in [0.1, 0.15) is 39.2 Å². The summed E-state index contributed by atoms with van der Waals surface area (Å²) in [5.74, 6) is -2.28. The zero-order chi connectivity index (χ0) is 24.1. The van der Waals surface area contributed by atoms with Gasteiger partial charge in [0.1, 0.15) is 6.04 Å². The molecule has 2 aliphatic rings. The molecule has 1 heterocycles. The number of likely N-dealkylation sites (tertiary alicyclic amines) is 1. The van der Waals surface area contributed by atoms with Crippen LogP contribution in [0.2, 0.25) is 0 Å². The zero-order valence-electron chi connectivity index (χ0n) is 20.0. The predicted molar refractivity (Wildman–Crippen MR) is 127 cm³/mol. The minimum absolute atomic E-state index is 0.0596.